The summed E-state index contributed by atoms with van der Waals surface area (Å²) < 4.78 is 19.2. The van der Waals surface area contributed by atoms with Gasteiger partial charge in [0, 0.05) is 11.6 Å². The van der Waals surface area contributed by atoms with Gasteiger partial charge in [-0.05, 0) is 19.1 Å². The minimum atomic E-state index is -1.00. The molecule has 0 aliphatic rings. The van der Waals surface area contributed by atoms with Gasteiger partial charge >= 0.3 is 5.69 Å². The Morgan fingerprint density at radius 1 is 1.29 bits per heavy atom. The molecule has 0 bridgehead atoms. The number of ether oxygens (including phenoxy) is 1. The van der Waals surface area contributed by atoms with Gasteiger partial charge in [-0.2, -0.15) is 0 Å². The van der Waals surface area contributed by atoms with E-state index >= 15 is 0 Å². The maximum Gasteiger partial charge on any atom is 0.313 e. The molecule has 0 heterocycles. The predicted octanol–water partition coefficient (Wildman–Crippen LogP) is 4.23. The molecule has 5 nitrogen and oxygen atoms in total. The summed E-state index contributed by atoms with van der Waals surface area (Å²) >= 11 is 5.89. The fourth-order valence-electron chi connectivity index (χ4n) is 1.81. The van der Waals surface area contributed by atoms with Crippen molar-refractivity contribution >= 4 is 17.3 Å². The van der Waals surface area contributed by atoms with Gasteiger partial charge in [0.05, 0.1) is 16.0 Å². The van der Waals surface area contributed by atoms with E-state index in [4.69, 9.17) is 16.3 Å². The lowest BCUT2D eigenvalue weighted by Crippen LogP contribution is -2.01. The largest absolute Gasteiger partial charge is 0.445 e. The van der Waals surface area contributed by atoms with Crippen LogP contribution in [0.25, 0.3) is 0 Å². The minimum Gasteiger partial charge on any atom is -0.445 e. The third kappa shape index (κ3) is 3.12. The van der Waals surface area contributed by atoms with Gasteiger partial charge in [0.1, 0.15) is 0 Å². The van der Waals surface area contributed by atoms with E-state index < -0.39 is 16.8 Å². The number of aliphatic hydroxyl groups is 1. The van der Waals surface area contributed by atoms with E-state index in [-0.39, 0.29) is 27.8 Å². The van der Waals surface area contributed by atoms with Crippen molar-refractivity contribution in [1.29, 1.82) is 0 Å². The first kappa shape index (κ1) is 15.2. The summed E-state index contributed by atoms with van der Waals surface area (Å²) in [6.07, 6.45) is -1.00. The molecule has 2 aromatic carbocycles. The third-order valence-electron chi connectivity index (χ3n) is 2.79. The van der Waals surface area contributed by atoms with Gasteiger partial charge in [0.15, 0.2) is 11.6 Å². The lowest BCUT2D eigenvalue weighted by Gasteiger charge is -2.14. The van der Waals surface area contributed by atoms with Crippen LogP contribution in [0, 0.1) is 15.9 Å². The highest BCUT2D eigenvalue weighted by Crippen LogP contribution is 2.40. The van der Waals surface area contributed by atoms with E-state index in [1.807, 2.05) is 0 Å². The first-order chi connectivity index (χ1) is 9.91. The standard InChI is InChI=1S/C14H11ClFNO4/c1-8(18)9-4-2-6-11(16)13(9)21-14-10(15)5-3-7-12(14)17(19)20/h2-8,18H,1H3/t8-/m1/s1. The zero-order chi connectivity index (χ0) is 15.6. The highest BCUT2D eigenvalue weighted by molar-refractivity contribution is 6.32. The van der Waals surface area contributed by atoms with Gasteiger partial charge in [0.25, 0.3) is 0 Å². The van der Waals surface area contributed by atoms with Crippen molar-refractivity contribution in [2.75, 3.05) is 0 Å². The van der Waals surface area contributed by atoms with Gasteiger partial charge < -0.3 is 9.84 Å². The van der Waals surface area contributed by atoms with E-state index in [0.29, 0.717) is 0 Å². The molecule has 0 radical (unpaired) electrons. The Kier molecular flexibility index (Phi) is 4.40. The molecule has 2 rings (SSSR count). The van der Waals surface area contributed by atoms with Gasteiger partial charge in [-0.25, -0.2) is 4.39 Å². The van der Waals surface area contributed by atoms with Crippen molar-refractivity contribution in [3.63, 3.8) is 0 Å². The number of aliphatic hydroxyl groups excluding tert-OH is 1. The Balaban J connectivity index is 2.56. The van der Waals surface area contributed by atoms with Crippen molar-refractivity contribution in [1.82, 2.24) is 0 Å². The van der Waals surface area contributed by atoms with Gasteiger partial charge in [-0.3, -0.25) is 10.1 Å². The number of hydrogen-bond donors (Lipinski definition) is 1. The molecule has 0 saturated carbocycles. The minimum absolute atomic E-state index is 0.0241. The normalized spacial score (nSPS) is 12.0. The van der Waals surface area contributed by atoms with Crippen LogP contribution < -0.4 is 4.74 Å². The molecule has 0 aliphatic heterocycles. The molecule has 0 saturated heterocycles. The van der Waals surface area contributed by atoms with Crippen molar-refractivity contribution < 1.29 is 19.2 Å². The summed E-state index contributed by atoms with van der Waals surface area (Å²) in [5, 5.41) is 20.6. The smallest absolute Gasteiger partial charge is 0.313 e. The molecule has 0 aromatic heterocycles. The Labute approximate surface area is 124 Å². The quantitative estimate of drug-likeness (QED) is 0.677. The van der Waals surface area contributed by atoms with Crippen LogP contribution in [0.5, 0.6) is 11.5 Å². The molecule has 0 aliphatic carbocycles. The number of halogens is 2. The number of nitro groups is 1. The van der Waals surface area contributed by atoms with Crippen LogP contribution in [0.3, 0.4) is 0 Å². The summed E-state index contributed by atoms with van der Waals surface area (Å²) in [6.45, 7) is 1.43. The molecule has 21 heavy (non-hydrogen) atoms. The summed E-state index contributed by atoms with van der Waals surface area (Å²) in [4.78, 5) is 10.3. The Morgan fingerprint density at radius 3 is 2.57 bits per heavy atom. The SMILES string of the molecule is C[C@@H](O)c1cccc(F)c1Oc1c(Cl)cccc1[N+](=O)[O-]. The molecule has 1 atom stereocenters. The average molecular weight is 312 g/mol. The van der Waals surface area contributed by atoms with E-state index in [0.717, 1.165) is 6.07 Å². The number of benzene rings is 2. The van der Waals surface area contributed by atoms with Crippen molar-refractivity contribution in [3.05, 3.63) is 62.9 Å². The van der Waals surface area contributed by atoms with Crippen LogP contribution in [0.4, 0.5) is 10.1 Å². The fourth-order valence-corrected chi connectivity index (χ4v) is 2.01. The molecule has 7 heteroatoms. The number of nitro benzene ring substituents is 1. The predicted molar refractivity (Wildman–Crippen MR) is 75.2 cm³/mol. The molecule has 0 unspecified atom stereocenters. The second-order valence-corrected chi connectivity index (χ2v) is 4.69. The number of hydrogen-bond acceptors (Lipinski definition) is 4. The first-order valence-corrected chi connectivity index (χ1v) is 6.37. The number of rotatable bonds is 4. The summed E-state index contributed by atoms with van der Waals surface area (Å²) in [5.41, 5.74) is -0.216. The van der Waals surface area contributed by atoms with Crippen LogP contribution in [0.15, 0.2) is 36.4 Å². The third-order valence-corrected chi connectivity index (χ3v) is 3.09. The molecule has 0 spiro atoms. The molecular formula is C14H11ClFNO4. The first-order valence-electron chi connectivity index (χ1n) is 5.99. The Bertz CT molecular complexity index is 691. The van der Waals surface area contributed by atoms with Crippen LogP contribution in [0.2, 0.25) is 5.02 Å². The second-order valence-electron chi connectivity index (χ2n) is 4.28. The molecule has 0 amide bonds. The van der Waals surface area contributed by atoms with E-state index in [9.17, 15) is 19.6 Å². The number of para-hydroxylation sites is 2. The van der Waals surface area contributed by atoms with Crippen LogP contribution in [-0.4, -0.2) is 10.0 Å². The van der Waals surface area contributed by atoms with Crippen LogP contribution in [-0.2, 0) is 0 Å². The fraction of sp³-hybridized carbons (Fsp3) is 0.143. The highest BCUT2D eigenvalue weighted by atomic mass is 35.5. The topological polar surface area (TPSA) is 72.6 Å². The summed E-state index contributed by atoms with van der Waals surface area (Å²) in [5.74, 6) is -1.30. The number of nitrogens with zero attached hydrogens (tertiary/aromatic N) is 1. The lowest BCUT2D eigenvalue weighted by atomic mass is 10.1. The molecule has 1 N–H and O–H groups in total. The van der Waals surface area contributed by atoms with Gasteiger partial charge in [0.2, 0.25) is 5.75 Å². The zero-order valence-electron chi connectivity index (χ0n) is 10.9. The molecule has 110 valence electrons. The highest BCUT2D eigenvalue weighted by Gasteiger charge is 2.22. The maximum atomic E-state index is 13.9. The Morgan fingerprint density at radius 2 is 1.95 bits per heavy atom. The summed E-state index contributed by atoms with van der Waals surface area (Å²) in [7, 11) is 0. The van der Waals surface area contributed by atoms with Crippen LogP contribution in [0.1, 0.15) is 18.6 Å². The monoisotopic (exact) mass is 311 g/mol. The second kappa shape index (κ2) is 6.07. The van der Waals surface area contributed by atoms with E-state index in [2.05, 4.69) is 0 Å². The van der Waals surface area contributed by atoms with Crippen molar-refractivity contribution in [3.8, 4) is 11.5 Å². The van der Waals surface area contributed by atoms with Crippen molar-refractivity contribution in [2.24, 2.45) is 0 Å². The van der Waals surface area contributed by atoms with Crippen molar-refractivity contribution in [2.45, 2.75) is 13.0 Å². The average Bonchev–Trinajstić information content (AvgIpc) is 2.42. The zero-order valence-corrected chi connectivity index (χ0v) is 11.7. The van der Waals surface area contributed by atoms with Gasteiger partial charge in [-0.1, -0.05) is 29.8 Å². The van der Waals surface area contributed by atoms with E-state index in [1.165, 1.54) is 37.3 Å². The maximum absolute atomic E-state index is 13.9. The molecule has 2 aromatic rings. The Hall–Kier alpha value is -2.18. The van der Waals surface area contributed by atoms with Gasteiger partial charge in [-0.15, -0.1) is 0 Å². The van der Waals surface area contributed by atoms with E-state index in [1.54, 1.807) is 0 Å². The molecular weight excluding hydrogens is 301 g/mol. The summed E-state index contributed by atoms with van der Waals surface area (Å²) in [6, 6.07) is 7.99. The molecule has 0 fully saturated rings. The lowest BCUT2D eigenvalue weighted by molar-refractivity contribution is -0.385. The van der Waals surface area contributed by atoms with Crippen LogP contribution >= 0.6 is 11.6 Å².